The van der Waals surface area contributed by atoms with E-state index >= 15 is 0 Å². The van der Waals surface area contributed by atoms with Gasteiger partial charge < -0.3 is 10.1 Å². The standard InChI is InChI=1S/C20H22N4O3S/c1-13-5-8-17(27-4)18(11-13)28(25,26)24-20-10-9-19(22-23-20)21-16-7-6-14(2)15(3)12-16/h5-12H,1-4H3,(H,21,22)(H,23,24). The smallest absolute Gasteiger partial charge is 0.266 e. The van der Waals surface area contributed by atoms with Gasteiger partial charge in [-0.3, -0.25) is 4.72 Å². The molecule has 0 saturated carbocycles. The molecule has 0 spiro atoms. The molecule has 2 aromatic carbocycles. The molecule has 0 saturated heterocycles. The fourth-order valence-corrected chi connectivity index (χ4v) is 3.86. The number of sulfonamides is 1. The number of benzene rings is 2. The maximum atomic E-state index is 12.7. The summed E-state index contributed by atoms with van der Waals surface area (Å²) in [5, 5.41) is 11.2. The molecule has 0 radical (unpaired) electrons. The lowest BCUT2D eigenvalue weighted by Gasteiger charge is -2.12. The zero-order valence-electron chi connectivity index (χ0n) is 16.1. The first-order valence-electron chi connectivity index (χ1n) is 8.64. The largest absolute Gasteiger partial charge is 0.495 e. The zero-order valence-corrected chi connectivity index (χ0v) is 17.0. The van der Waals surface area contributed by atoms with Crippen LogP contribution in [0, 0.1) is 20.8 Å². The molecule has 3 rings (SSSR count). The predicted octanol–water partition coefficient (Wildman–Crippen LogP) is 3.95. The average molecular weight is 398 g/mol. The van der Waals surface area contributed by atoms with Crippen molar-refractivity contribution in [2.24, 2.45) is 0 Å². The van der Waals surface area contributed by atoms with Crippen LogP contribution < -0.4 is 14.8 Å². The van der Waals surface area contributed by atoms with E-state index in [1.165, 1.54) is 12.7 Å². The van der Waals surface area contributed by atoms with Gasteiger partial charge in [-0.1, -0.05) is 12.1 Å². The normalized spacial score (nSPS) is 11.1. The highest BCUT2D eigenvalue weighted by Crippen LogP contribution is 2.26. The molecule has 0 aliphatic carbocycles. The van der Waals surface area contributed by atoms with E-state index in [0.717, 1.165) is 16.8 Å². The van der Waals surface area contributed by atoms with Gasteiger partial charge in [-0.2, -0.15) is 0 Å². The third-order valence-corrected chi connectivity index (χ3v) is 5.67. The van der Waals surface area contributed by atoms with Crippen molar-refractivity contribution >= 4 is 27.3 Å². The van der Waals surface area contributed by atoms with E-state index in [1.54, 1.807) is 30.3 Å². The Morgan fingerprint density at radius 3 is 2.21 bits per heavy atom. The summed E-state index contributed by atoms with van der Waals surface area (Å²) >= 11 is 0. The highest BCUT2D eigenvalue weighted by atomic mass is 32.2. The molecule has 8 heteroatoms. The summed E-state index contributed by atoms with van der Waals surface area (Å²) in [5.41, 5.74) is 4.05. The van der Waals surface area contributed by atoms with E-state index in [-0.39, 0.29) is 16.5 Å². The van der Waals surface area contributed by atoms with Crippen molar-refractivity contribution in [2.75, 3.05) is 17.1 Å². The molecule has 0 fully saturated rings. The molecule has 0 bridgehead atoms. The van der Waals surface area contributed by atoms with E-state index in [9.17, 15) is 8.42 Å². The van der Waals surface area contributed by atoms with Gasteiger partial charge in [0.2, 0.25) is 0 Å². The van der Waals surface area contributed by atoms with Gasteiger partial charge in [-0.15, -0.1) is 10.2 Å². The second-order valence-corrected chi connectivity index (χ2v) is 8.14. The molecular formula is C20H22N4O3S. The summed E-state index contributed by atoms with van der Waals surface area (Å²) < 4.78 is 33.0. The summed E-state index contributed by atoms with van der Waals surface area (Å²) in [6.07, 6.45) is 0. The SMILES string of the molecule is COc1ccc(C)cc1S(=O)(=O)Nc1ccc(Nc2ccc(C)c(C)c2)nn1. The lowest BCUT2D eigenvalue weighted by Crippen LogP contribution is -2.15. The van der Waals surface area contributed by atoms with Crippen molar-refractivity contribution in [3.05, 3.63) is 65.2 Å². The number of aromatic nitrogens is 2. The van der Waals surface area contributed by atoms with Crippen molar-refractivity contribution in [2.45, 2.75) is 25.7 Å². The Labute approximate surface area is 164 Å². The van der Waals surface area contributed by atoms with Crippen molar-refractivity contribution in [3.63, 3.8) is 0 Å². The number of nitrogens with zero attached hydrogens (tertiary/aromatic N) is 2. The average Bonchev–Trinajstić information content (AvgIpc) is 2.66. The van der Waals surface area contributed by atoms with Crippen molar-refractivity contribution in [1.29, 1.82) is 0 Å². The van der Waals surface area contributed by atoms with Gasteiger partial charge >= 0.3 is 0 Å². The summed E-state index contributed by atoms with van der Waals surface area (Å²) in [5.74, 6) is 0.896. The second-order valence-electron chi connectivity index (χ2n) is 6.49. The van der Waals surface area contributed by atoms with Crippen LogP contribution in [0.1, 0.15) is 16.7 Å². The molecule has 2 N–H and O–H groups in total. The van der Waals surface area contributed by atoms with Crippen LogP contribution in [0.5, 0.6) is 5.75 Å². The topological polar surface area (TPSA) is 93.2 Å². The maximum absolute atomic E-state index is 12.7. The Kier molecular flexibility index (Phi) is 5.51. The third kappa shape index (κ3) is 4.40. The molecule has 0 amide bonds. The zero-order chi connectivity index (χ0) is 20.3. The quantitative estimate of drug-likeness (QED) is 0.653. The summed E-state index contributed by atoms with van der Waals surface area (Å²) in [6, 6.07) is 14.1. The van der Waals surface area contributed by atoms with Gasteiger partial charge in [-0.05, 0) is 73.9 Å². The Hall–Kier alpha value is -3.13. The first-order chi connectivity index (χ1) is 13.3. The molecule has 3 aromatic rings. The van der Waals surface area contributed by atoms with Crippen LogP contribution >= 0.6 is 0 Å². The van der Waals surface area contributed by atoms with Crippen molar-refractivity contribution < 1.29 is 13.2 Å². The molecule has 146 valence electrons. The van der Waals surface area contributed by atoms with E-state index in [4.69, 9.17) is 4.74 Å². The first-order valence-corrected chi connectivity index (χ1v) is 10.1. The monoisotopic (exact) mass is 398 g/mol. The van der Waals surface area contributed by atoms with Crippen molar-refractivity contribution in [1.82, 2.24) is 10.2 Å². The van der Waals surface area contributed by atoms with E-state index in [2.05, 4.69) is 20.2 Å². The fraction of sp³-hybridized carbons (Fsp3) is 0.200. The van der Waals surface area contributed by atoms with Gasteiger partial charge in [-0.25, -0.2) is 8.42 Å². The Morgan fingerprint density at radius 2 is 1.57 bits per heavy atom. The van der Waals surface area contributed by atoms with E-state index < -0.39 is 10.0 Å². The molecular weight excluding hydrogens is 376 g/mol. The number of hydrogen-bond donors (Lipinski definition) is 2. The maximum Gasteiger partial charge on any atom is 0.266 e. The molecule has 1 aromatic heterocycles. The van der Waals surface area contributed by atoms with Crippen LogP contribution in [-0.4, -0.2) is 25.7 Å². The van der Waals surface area contributed by atoms with Crippen LogP contribution in [0.3, 0.4) is 0 Å². The first kappa shape index (κ1) is 19.6. The Balaban J connectivity index is 1.78. The molecule has 0 aliphatic rings. The van der Waals surface area contributed by atoms with Gasteiger partial charge in [0, 0.05) is 5.69 Å². The molecule has 0 aliphatic heterocycles. The minimum Gasteiger partial charge on any atom is -0.495 e. The number of nitrogens with one attached hydrogen (secondary N) is 2. The third-order valence-electron chi connectivity index (χ3n) is 4.29. The predicted molar refractivity (Wildman–Crippen MR) is 110 cm³/mol. The lowest BCUT2D eigenvalue weighted by atomic mass is 10.1. The van der Waals surface area contributed by atoms with Gasteiger partial charge in [0.25, 0.3) is 10.0 Å². The molecule has 1 heterocycles. The van der Waals surface area contributed by atoms with Gasteiger partial charge in [0.1, 0.15) is 10.6 Å². The highest BCUT2D eigenvalue weighted by molar-refractivity contribution is 7.92. The number of hydrogen-bond acceptors (Lipinski definition) is 6. The van der Waals surface area contributed by atoms with Gasteiger partial charge in [0.05, 0.1) is 7.11 Å². The number of aryl methyl sites for hydroxylation is 3. The number of rotatable bonds is 6. The van der Waals surface area contributed by atoms with Crippen LogP contribution in [0.25, 0.3) is 0 Å². The number of anilines is 3. The molecule has 7 nitrogen and oxygen atoms in total. The number of methoxy groups -OCH3 is 1. The highest BCUT2D eigenvalue weighted by Gasteiger charge is 2.20. The summed E-state index contributed by atoms with van der Waals surface area (Å²) in [6.45, 7) is 5.89. The van der Waals surface area contributed by atoms with Crippen LogP contribution in [-0.2, 0) is 10.0 Å². The molecule has 0 atom stereocenters. The van der Waals surface area contributed by atoms with Crippen LogP contribution in [0.4, 0.5) is 17.3 Å². The fourth-order valence-electron chi connectivity index (χ4n) is 2.61. The van der Waals surface area contributed by atoms with Gasteiger partial charge in [0.15, 0.2) is 11.6 Å². The Morgan fingerprint density at radius 1 is 0.857 bits per heavy atom. The van der Waals surface area contributed by atoms with E-state index in [1.807, 2.05) is 39.0 Å². The van der Waals surface area contributed by atoms with E-state index in [0.29, 0.717) is 5.82 Å². The number of ether oxygens (including phenoxy) is 1. The minimum atomic E-state index is -3.86. The Bertz CT molecular complexity index is 1100. The summed E-state index contributed by atoms with van der Waals surface area (Å²) in [7, 11) is -2.43. The minimum absolute atomic E-state index is 0.0501. The molecule has 0 unspecified atom stereocenters. The van der Waals surface area contributed by atoms with Crippen molar-refractivity contribution in [3.8, 4) is 5.75 Å². The van der Waals surface area contributed by atoms with Crippen LogP contribution in [0.15, 0.2) is 53.4 Å². The second kappa shape index (κ2) is 7.85. The summed E-state index contributed by atoms with van der Waals surface area (Å²) in [4.78, 5) is 0.0501. The lowest BCUT2D eigenvalue weighted by molar-refractivity contribution is 0.402. The van der Waals surface area contributed by atoms with Crippen LogP contribution in [0.2, 0.25) is 0 Å². The molecule has 28 heavy (non-hydrogen) atoms.